The van der Waals surface area contributed by atoms with Gasteiger partial charge in [0.25, 0.3) is 5.91 Å². The van der Waals surface area contributed by atoms with Crippen molar-refractivity contribution in [1.29, 1.82) is 0 Å². The van der Waals surface area contributed by atoms with E-state index in [1.54, 1.807) is 0 Å². The van der Waals surface area contributed by atoms with E-state index in [1.807, 2.05) is 0 Å². The summed E-state index contributed by atoms with van der Waals surface area (Å²) in [4.78, 5) is 30.5. The Morgan fingerprint density at radius 2 is 2.05 bits per heavy atom. The van der Waals surface area contributed by atoms with Crippen LogP contribution in [0.1, 0.15) is 20.7 Å². The van der Waals surface area contributed by atoms with E-state index < -0.39 is 5.97 Å². The molecule has 2 aromatic heterocycles. The number of pyridine rings is 2. The molecule has 108 valence electrons. The van der Waals surface area contributed by atoms with Crippen LogP contribution in [-0.4, -0.2) is 34.0 Å². The summed E-state index contributed by atoms with van der Waals surface area (Å²) >= 11 is 5.99. The molecule has 0 unspecified atom stereocenters. The van der Waals surface area contributed by atoms with Gasteiger partial charge in [-0.3, -0.25) is 4.79 Å². The third-order valence-electron chi connectivity index (χ3n) is 2.61. The molecule has 1 amide bonds. The Kier molecular flexibility index (Phi) is 4.34. The van der Waals surface area contributed by atoms with E-state index >= 15 is 0 Å². The zero-order valence-electron chi connectivity index (χ0n) is 10.9. The largest absolute Gasteiger partial charge is 0.478 e. The molecule has 21 heavy (non-hydrogen) atoms. The first kappa shape index (κ1) is 14.7. The molecule has 0 saturated carbocycles. The van der Waals surface area contributed by atoms with Crippen LogP contribution in [-0.2, 0) is 0 Å². The van der Waals surface area contributed by atoms with Crippen LogP contribution in [0.15, 0.2) is 30.6 Å². The molecule has 2 aromatic rings. The lowest BCUT2D eigenvalue weighted by molar-refractivity contribution is 0.0697. The second-order valence-corrected chi connectivity index (χ2v) is 4.37. The minimum absolute atomic E-state index is 0.00537. The van der Waals surface area contributed by atoms with Gasteiger partial charge in [0, 0.05) is 25.5 Å². The number of carbonyl (C=O) groups is 2. The number of carboxylic acid groups (broad SMARTS) is 1. The van der Waals surface area contributed by atoms with Gasteiger partial charge in [-0.25, -0.2) is 14.8 Å². The van der Waals surface area contributed by atoms with E-state index in [-0.39, 0.29) is 33.7 Å². The molecule has 0 aliphatic rings. The van der Waals surface area contributed by atoms with E-state index in [9.17, 15) is 9.59 Å². The molecule has 0 aromatic carbocycles. The second kappa shape index (κ2) is 6.19. The number of amides is 1. The van der Waals surface area contributed by atoms with Crippen molar-refractivity contribution in [2.45, 2.75) is 0 Å². The van der Waals surface area contributed by atoms with E-state index in [2.05, 4.69) is 20.6 Å². The number of aromatic nitrogens is 2. The second-order valence-electron chi connectivity index (χ2n) is 3.96. The number of nitrogens with zero attached hydrogens (tertiary/aromatic N) is 2. The Hall–Kier alpha value is -2.67. The summed E-state index contributed by atoms with van der Waals surface area (Å²) < 4.78 is 0. The molecule has 2 heterocycles. The van der Waals surface area contributed by atoms with E-state index in [1.165, 1.54) is 37.6 Å². The average molecular weight is 307 g/mol. The Balaban J connectivity index is 2.31. The monoisotopic (exact) mass is 306 g/mol. The summed E-state index contributed by atoms with van der Waals surface area (Å²) in [6, 6.07) is 4.36. The highest BCUT2D eigenvalue weighted by molar-refractivity contribution is 6.34. The van der Waals surface area contributed by atoms with Crippen molar-refractivity contribution in [2.75, 3.05) is 12.4 Å². The summed E-state index contributed by atoms with van der Waals surface area (Å²) in [6.07, 6.45) is 2.75. The van der Waals surface area contributed by atoms with Gasteiger partial charge >= 0.3 is 5.97 Å². The smallest absolute Gasteiger partial charge is 0.339 e. The third-order valence-corrected chi connectivity index (χ3v) is 2.92. The third kappa shape index (κ3) is 3.26. The lowest BCUT2D eigenvalue weighted by Crippen LogP contribution is -2.18. The summed E-state index contributed by atoms with van der Waals surface area (Å²) in [7, 11) is 1.48. The standard InChI is InChI=1S/C13H11ClN4O3/c1-15-12(19)8-6-17-10(5-9(8)14)18-11-7(13(20)21)3-2-4-16-11/h2-6H,1H3,(H,15,19)(H,20,21)(H,16,17,18). The SMILES string of the molecule is CNC(=O)c1cnc(Nc2ncccc2C(=O)O)cc1Cl. The number of carbonyl (C=O) groups excluding carboxylic acids is 1. The van der Waals surface area contributed by atoms with Gasteiger partial charge < -0.3 is 15.7 Å². The van der Waals surface area contributed by atoms with Crippen LogP contribution in [0, 0.1) is 0 Å². The molecule has 0 atom stereocenters. The highest BCUT2D eigenvalue weighted by Crippen LogP contribution is 2.22. The molecule has 7 nitrogen and oxygen atoms in total. The van der Waals surface area contributed by atoms with Crippen molar-refractivity contribution in [3.8, 4) is 0 Å². The van der Waals surface area contributed by atoms with Crippen molar-refractivity contribution in [2.24, 2.45) is 0 Å². The predicted octanol–water partition coefficient (Wildman–Crippen LogP) is 1.93. The molecule has 2 rings (SSSR count). The molecule has 0 aliphatic heterocycles. The fourth-order valence-corrected chi connectivity index (χ4v) is 1.84. The van der Waals surface area contributed by atoms with Crippen molar-refractivity contribution in [3.05, 3.63) is 46.7 Å². The number of aromatic carboxylic acids is 1. The molecule has 0 bridgehead atoms. The van der Waals surface area contributed by atoms with Crippen molar-refractivity contribution < 1.29 is 14.7 Å². The zero-order chi connectivity index (χ0) is 15.4. The minimum atomic E-state index is -1.11. The van der Waals surface area contributed by atoms with Crippen molar-refractivity contribution in [3.63, 3.8) is 0 Å². The first-order valence-electron chi connectivity index (χ1n) is 5.86. The van der Waals surface area contributed by atoms with Gasteiger partial charge in [-0.2, -0.15) is 0 Å². The molecule has 0 saturated heterocycles. The first-order valence-corrected chi connectivity index (χ1v) is 6.23. The summed E-state index contributed by atoms with van der Waals surface area (Å²) in [5.41, 5.74) is 0.231. The maximum atomic E-state index is 11.5. The molecule has 0 radical (unpaired) electrons. The molecule has 0 spiro atoms. The van der Waals surface area contributed by atoms with Crippen LogP contribution in [0.4, 0.5) is 11.6 Å². The van der Waals surface area contributed by atoms with Crippen LogP contribution in [0.2, 0.25) is 5.02 Å². The van der Waals surface area contributed by atoms with E-state index in [4.69, 9.17) is 16.7 Å². The Morgan fingerprint density at radius 1 is 1.29 bits per heavy atom. The van der Waals surface area contributed by atoms with Gasteiger partial charge in [-0.1, -0.05) is 11.6 Å². The van der Waals surface area contributed by atoms with Gasteiger partial charge in [0.1, 0.15) is 17.2 Å². The van der Waals surface area contributed by atoms with Crippen LogP contribution in [0.25, 0.3) is 0 Å². The molecular formula is C13H11ClN4O3. The van der Waals surface area contributed by atoms with Crippen LogP contribution in [0.5, 0.6) is 0 Å². The number of nitrogens with one attached hydrogen (secondary N) is 2. The topological polar surface area (TPSA) is 104 Å². The van der Waals surface area contributed by atoms with E-state index in [0.717, 1.165) is 0 Å². The molecule has 0 aliphatic carbocycles. The van der Waals surface area contributed by atoms with Crippen LogP contribution < -0.4 is 10.6 Å². The normalized spacial score (nSPS) is 10.0. The maximum Gasteiger partial charge on any atom is 0.339 e. The molecule has 8 heteroatoms. The number of rotatable bonds is 4. The van der Waals surface area contributed by atoms with Gasteiger partial charge in [0.2, 0.25) is 0 Å². The van der Waals surface area contributed by atoms with Crippen molar-refractivity contribution in [1.82, 2.24) is 15.3 Å². The van der Waals surface area contributed by atoms with Gasteiger partial charge in [0.05, 0.1) is 10.6 Å². The number of carboxylic acids is 1. The summed E-state index contributed by atoms with van der Waals surface area (Å²) in [5.74, 6) is -1.04. The van der Waals surface area contributed by atoms with Gasteiger partial charge in [0.15, 0.2) is 0 Å². The number of hydrogen-bond acceptors (Lipinski definition) is 5. The number of halogens is 1. The lowest BCUT2D eigenvalue weighted by atomic mass is 10.2. The quantitative estimate of drug-likeness (QED) is 0.797. The lowest BCUT2D eigenvalue weighted by Gasteiger charge is -2.09. The summed E-state index contributed by atoms with van der Waals surface area (Å²) in [6.45, 7) is 0. The van der Waals surface area contributed by atoms with Crippen LogP contribution >= 0.6 is 11.6 Å². The predicted molar refractivity (Wildman–Crippen MR) is 77.1 cm³/mol. The number of hydrogen-bond donors (Lipinski definition) is 3. The Morgan fingerprint density at radius 3 is 2.67 bits per heavy atom. The van der Waals surface area contributed by atoms with Crippen LogP contribution in [0.3, 0.4) is 0 Å². The van der Waals surface area contributed by atoms with Gasteiger partial charge in [-0.05, 0) is 12.1 Å². The average Bonchev–Trinajstić information content (AvgIpc) is 2.47. The van der Waals surface area contributed by atoms with Crippen molar-refractivity contribution >= 4 is 35.1 Å². The van der Waals surface area contributed by atoms with Gasteiger partial charge in [-0.15, -0.1) is 0 Å². The fourth-order valence-electron chi connectivity index (χ4n) is 1.60. The fraction of sp³-hybridized carbons (Fsp3) is 0.0769. The number of anilines is 2. The van der Waals surface area contributed by atoms with E-state index in [0.29, 0.717) is 0 Å². The molecular weight excluding hydrogens is 296 g/mol. The minimum Gasteiger partial charge on any atom is -0.478 e. The zero-order valence-corrected chi connectivity index (χ0v) is 11.7. The Labute approximate surface area is 125 Å². The maximum absolute atomic E-state index is 11.5. The molecule has 0 fully saturated rings. The highest BCUT2D eigenvalue weighted by atomic mass is 35.5. The first-order chi connectivity index (χ1) is 10.0. The molecule has 3 N–H and O–H groups in total. The summed E-state index contributed by atoms with van der Waals surface area (Å²) in [5, 5.41) is 14.5. The highest BCUT2D eigenvalue weighted by Gasteiger charge is 2.13. The Bertz CT molecular complexity index is 706.